The highest BCUT2D eigenvalue weighted by Gasteiger charge is 2.45. The van der Waals surface area contributed by atoms with Gasteiger partial charge in [0.15, 0.2) is 12.4 Å². The molecular weight excluding hydrogens is 326 g/mol. The molecule has 0 radical (unpaired) electrons. The lowest BCUT2D eigenvalue weighted by atomic mass is 9.98. The monoisotopic (exact) mass is 361 g/mol. The molecule has 7 nitrogen and oxygen atoms in total. The smallest absolute Gasteiger partial charge is 0.252 e. The summed E-state index contributed by atoms with van der Waals surface area (Å²) in [4.78, 5) is 12.0. The maximum Gasteiger partial charge on any atom is 0.252 e. The first-order chi connectivity index (χ1) is 12.0. The Morgan fingerprint density at radius 3 is 1.88 bits per heavy atom. The Balaban J connectivity index is 2.05. The molecule has 0 spiro atoms. The van der Waals surface area contributed by atoms with Gasteiger partial charge in [-0.3, -0.25) is 4.79 Å². The molecule has 1 amide bonds. The fourth-order valence-electron chi connectivity index (χ4n) is 3.00. The molecular formula is C18H35NO6. The minimum absolute atomic E-state index is 0.455. The quantitative estimate of drug-likeness (QED) is 0.328. The first-order valence-corrected chi connectivity index (χ1v) is 9.64. The number of unbranched alkanes of at least 4 members (excludes halogenated alkanes) is 9. The Hall–Kier alpha value is -0.730. The average molecular weight is 361 g/mol. The van der Waals surface area contributed by atoms with Gasteiger partial charge in [-0.1, -0.05) is 64.7 Å². The van der Waals surface area contributed by atoms with Crippen molar-refractivity contribution in [3.63, 3.8) is 0 Å². The minimum Gasteiger partial charge on any atom is -0.387 e. The van der Waals surface area contributed by atoms with Gasteiger partial charge in [0.05, 0.1) is 0 Å². The van der Waals surface area contributed by atoms with Crippen LogP contribution in [0.2, 0.25) is 0 Å². The summed E-state index contributed by atoms with van der Waals surface area (Å²) in [6.07, 6.45) is 4.13. The zero-order chi connectivity index (χ0) is 18.7. The lowest BCUT2D eigenvalue weighted by Crippen LogP contribution is -2.61. The van der Waals surface area contributed by atoms with E-state index < -0.39 is 36.6 Å². The van der Waals surface area contributed by atoms with Crippen LogP contribution in [0, 0.1) is 0 Å². The van der Waals surface area contributed by atoms with Crippen LogP contribution in [-0.2, 0) is 9.53 Å². The summed E-state index contributed by atoms with van der Waals surface area (Å²) in [7, 11) is 0. The molecule has 0 unspecified atom stereocenters. The van der Waals surface area contributed by atoms with Crippen LogP contribution in [0.1, 0.15) is 71.1 Å². The molecule has 148 valence electrons. The van der Waals surface area contributed by atoms with Gasteiger partial charge < -0.3 is 30.5 Å². The summed E-state index contributed by atoms with van der Waals surface area (Å²) >= 11 is 0. The third-order valence-corrected chi connectivity index (χ3v) is 4.68. The molecule has 0 aliphatic carbocycles. The number of ether oxygens (including phenoxy) is 1. The first-order valence-electron chi connectivity index (χ1n) is 9.64. The lowest BCUT2D eigenvalue weighted by Gasteiger charge is -2.37. The van der Waals surface area contributed by atoms with E-state index in [4.69, 9.17) is 4.74 Å². The number of carbonyl (C=O) groups is 1. The summed E-state index contributed by atoms with van der Waals surface area (Å²) in [5.41, 5.74) is 0. The van der Waals surface area contributed by atoms with Gasteiger partial charge in [0, 0.05) is 6.54 Å². The van der Waals surface area contributed by atoms with E-state index in [2.05, 4.69) is 12.2 Å². The zero-order valence-electron chi connectivity index (χ0n) is 15.3. The van der Waals surface area contributed by atoms with E-state index in [1.54, 1.807) is 0 Å². The molecule has 0 aromatic carbocycles. The number of aliphatic hydroxyl groups is 4. The molecule has 0 aromatic heterocycles. The first kappa shape index (κ1) is 22.3. The average Bonchev–Trinajstić information content (AvgIpc) is 2.60. The van der Waals surface area contributed by atoms with Gasteiger partial charge in [-0.15, -0.1) is 0 Å². The molecule has 1 rings (SSSR count). The van der Waals surface area contributed by atoms with Gasteiger partial charge in [-0.2, -0.15) is 0 Å². The standard InChI is InChI=1S/C18H35NO6/c1-2-3-4-5-6-7-8-9-10-11-12-19-17(23)16-14(21)13(20)15(22)18(24)25-16/h13-16,18,20-22,24H,2-12H2,1H3,(H,19,23)/t13-,14+,15+,16-,18-/m0/s1. The molecule has 5 N–H and O–H groups in total. The van der Waals surface area contributed by atoms with Crippen LogP contribution in [0.25, 0.3) is 0 Å². The van der Waals surface area contributed by atoms with Crippen molar-refractivity contribution in [3.8, 4) is 0 Å². The van der Waals surface area contributed by atoms with Crippen LogP contribution in [0.5, 0.6) is 0 Å². The molecule has 1 heterocycles. The molecule has 1 aliphatic rings. The highest BCUT2D eigenvalue weighted by molar-refractivity contribution is 5.81. The molecule has 0 aromatic rings. The zero-order valence-corrected chi connectivity index (χ0v) is 15.3. The normalized spacial score (nSPS) is 29.6. The maximum absolute atomic E-state index is 12.0. The van der Waals surface area contributed by atoms with E-state index >= 15 is 0 Å². The molecule has 5 atom stereocenters. The second-order valence-electron chi connectivity index (χ2n) is 6.89. The van der Waals surface area contributed by atoms with Gasteiger partial charge in [-0.05, 0) is 6.42 Å². The largest absolute Gasteiger partial charge is 0.387 e. The number of hydrogen-bond acceptors (Lipinski definition) is 6. The summed E-state index contributed by atoms with van der Waals surface area (Å²) < 4.78 is 4.88. The number of aliphatic hydroxyl groups excluding tert-OH is 4. The van der Waals surface area contributed by atoms with E-state index in [-0.39, 0.29) is 0 Å². The molecule has 0 bridgehead atoms. The van der Waals surface area contributed by atoms with Crippen molar-refractivity contribution in [2.24, 2.45) is 0 Å². The Bertz CT molecular complexity index is 367. The molecule has 7 heteroatoms. The predicted octanol–water partition coefficient (Wildman–Crippen LogP) is 0.823. The van der Waals surface area contributed by atoms with E-state index in [0.717, 1.165) is 19.3 Å². The van der Waals surface area contributed by atoms with Gasteiger partial charge >= 0.3 is 0 Å². The SMILES string of the molecule is CCCCCCCCCCCCNC(=O)[C@H]1O[C@H](O)[C@H](O)[C@@H](O)[C@H]1O. The Labute approximate surface area is 150 Å². The highest BCUT2D eigenvalue weighted by atomic mass is 16.6. The van der Waals surface area contributed by atoms with Gasteiger partial charge in [0.2, 0.25) is 0 Å². The van der Waals surface area contributed by atoms with Crippen molar-refractivity contribution in [1.29, 1.82) is 0 Å². The van der Waals surface area contributed by atoms with E-state index in [0.29, 0.717) is 6.54 Å². The Morgan fingerprint density at radius 1 is 0.800 bits per heavy atom. The van der Waals surface area contributed by atoms with Crippen LogP contribution < -0.4 is 5.32 Å². The van der Waals surface area contributed by atoms with Crippen LogP contribution in [0.15, 0.2) is 0 Å². The van der Waals surface area contributed by atoms with Crippen LogP contribution in [-0.4, -0.2) is 63.6 Å². The molecule has 25 heavy (non-hydrogen) atoms. The van der Waals surface area contributed by atoms with Gasteiger partial charge in [-0.25, -0.2) is 0 Å². The number of hydrogen-bond donors (Lipinski definition) is 5. The number of rotatable bonds is 12. The van der Waals surface area contributed by atoms with E-state index in [9.17, 15) is 25.2 Å². The summed E-state index contributed by atoms with van der Waals surface area (Å²) in [5, 5.41) is 40.8. The number of nitrogens with one attached hydrogen (secondary N) is 1. The predicted molar refractivity (Wildman–Crippen MR) is 93.8 cm³/mol. The molecule has 1 aliphatic heterocycles. The van der Waals surface area contributed by atoms with E-state index in [1.165, 1.54) is 44.9 Å². The second-order valence-corrected chi connectivity index (χ2v) is 6.89. The van der Waals surface area contributed by atoms with Gasteiger partial charge in [0.1, 0.15) is 18.3 Å². The Morgan fingerprint density at radius 2 is 1.32 bits per heavy atom. The lowest BCUT2D eigenvalue weighted by molar-refractivity contribution is -0.275. The number of amides is 1. The third-order valence-electron chi connectivity index (χ3n) is 4.68. The van der Waals surface area contributed by atoms with Crippen molar-refractivity contribution in [2.75, 3.05) is 6.54 Å². The van der Waals surface area contributed by atoms with Crippen LogP contribution in [0.3, 0.4) is 0 Å². The maximum atomic E-state index is 12.0. The van der Waals surface area contributed by atoms with Crippen molar-refractivity contribution < 1.29 is 30.0 Å². The minimum atomic E-state index is -1.69. The van der Waals surface area contributed by atoms with Crippen molar-refractivity contribution >= 4 is 5.91 Å². The fourth-order valence-corrected chi connectivity index (χ4v) is 3.00. The highest BCUT2D eigenvalue weighted by Crippen LogP contribution is 2.20. The van der Waals surface area contributed by atoms with Crippen molar-refractivity contribution in [1.82, 2.24) is 5.32 Å². The van der Waals surface area contributed by atoms with Crippen LogP contribution >= 0.6 is 0 Å². The van der Waals surface area contributed by atoms with Gasteiger partial charge in [0.25, 0.3) is 5.91 Å². The topological polar surface area (TPSA) is 119 Å². The van der Waals surface area contributed by atoms with Crippen LogP contribution in [0.4, 0.5) is 0 Å². The molecule has 0 saturated carbocycles. The van der Waals surface area contributed by atoms with Crippen molar-refractivity contribution in [3.05, 3.63) is 0 Å². The van der Waals surface area contributed by atoms with Crippen molar-refractivity contribution in [2.45, 2.75) is 102 Å². The third kappa shape index (κ3) is 8.00. The summed E-state index contributed by atoms with van der Waals surface area (Å²) in [6.45, 7) is 2.67. The summed E-state index contributed by atoms with van der Waals surface area (Å²) in [6, 6.07) is 0. The fraction of sp³-hybridized carbons (Fsp3) is 0.944. The van der Waals surface area contributed by atoms with E-state index in [1.807, 2.05) is 0 Å². The second kappa shape index (κ2) is 12.6. The Kier molecular flexibility index (Phi) is 11.2. The summed E-state index contributed by atoms with van der Waals surface area (Å²) in [5.74, 6) is -0.589. The molecule has 1 saturated heterocycles. The molecule has 1 fully saturated rings. The number of carbonyl (C=O) groups excluding carboxylic acids is 1.